The first-order valence-corrected chi connectivity index (χ1v) is 8.99. The number of benzene rings is 1. The summed E-state index contributed by atoms with van der Waals surface area (Å²) in [4.78, 5) is 13.5. The summed E-state index contributed by atoms with van der Waals surface area (Å²) in [6, 6.07) is 11.1. The topological polar surface area (TPSA) is 111 Å². The predicted octanol–water partition coefficient (Wildman–Crippen LogP) is 2.19. The molecule has 0 unspecified atom stereocenters. The molecule has 0 aliphatic carbocycles. The fraction of sp³-hybridized carbons (Fsp3) is 0.118. The van der Waals surface area contributed by atoms with Gasteiger partial charge in [0.2, 0.25) is 5.95 Å². The third-order valence-corrected chi connectivity index (χ3v) is 5.33. The first kappa shape index (κ1) is 15.7. The van der Waals surface area contributed by atoms with Gasteiger partial charge in [0.25, 0.3) is 5.56 Å². The molecular weight excluding hydrogens is 366 g/mol. The molecular formula is C17H13N7O2S. The third-order valence-electron chi connectivity index (χ3n) is 4.45. The number of anilines is 2. The van der Waals surface area contributed by atoms with Crippen molar-refractivity contribution < 1.29 is 4.74 Å². The van der Waals surface area contributed by atoms with E-state index in [0.29, 0.717) is 17.3 Å². The van der Waals surface area contributed by atoms with E-state index in [1.54, 1.807) is 23.1 Å². The molecule has 1 aliphatic heterocycles. The van der Waals surface area contributed by atoms with Crippen LogP contribution in [0.15, 0.2) is 46.6 Å². The van der Waals surface area contributed by atoms with E-state index in [1.165, 1.54) is 0 Å². The predicted molar refractivity (Wildman–Crippen MR) is 99.5 cm³/mol. The maximum Gasteiger partial charge on any atom is 0.288 e. The van der Waals surface area contributed by atoms with E-state index in [-0.39, 0.29) is 5.56 Å². The molecule has 4 aromatic rings. The van der Waals surface area contributed by atoms with Crippen LogP contribution in [0.4, 0.5) is 11.6 Å². The summed E-state index contributed by atoms with van der Waals surface area (Å²) in [7, 11) is 1.62. The molecule has 5 rings (SSSR count). The Balaban J connectivity index is 1.79. The molecule has 10 heteroatoms. The second kappa shape index (κ2) is 6.02. The number of methoxy groups -OCH3 is 1. The maximum absolute atomic E-state index is 12.5. The molecule has 2 N–H and O–H groups in total. The molecule has 4 heterocycles. The zero-order chi connectivity index (χ0) is 18.4. The van der Waals surface area contributed by atoms with Gasteiger partial charge in [-0.3, -0.25) is 4.79 Å². The van der Waals surface area contributed by atoms with Crippen molar-refractivity contribution in [1.82, 2.24) is 30.4 Å². The van der Waals surface area contributed by atoms with Crippen molar-refractivity contribution >= 4 is 23.0 Å². The van der Waals surface area contributed by atoms with Crippen LogP contribution in [0.25, 0.3) is 10.6 Å². The highest BCUT2D eigenvalue weighted by Gasteiger charge is 2.34. The number of ether oxygens (including phenoxy) is 1. The van der Waals surface area contributed by atoms with E-state index in [4.69, 9.17) is 4.74 Å². The zero-order valence-corrected chi connectivity index (χ0v) is 14.9. The van der Waals surface area contributed by atoms with Crippen molar-refractivity contribution in [2.75, 3.05) is 12.4 Å². The average Bonchev–Trinajstić information content (AvgIpc) is 3.39. The number of H-pyrrole nitrogens is 1. The lowest BCUT2D eigenvalue weighted by Crippen LogP contribution is -2.29. The molecule has 0 spiro atoms. The number of nitrogens with zero attached hydrogens (tertiary/aromatic N) is 5. The lowest BCUT2D eigenvalue weighted by Gasteiger charge is -2.27. The summed E-state index contributed by atoms with van der Waals surface area (Å²) in [6.45, 7) is 0. The molecule has 1 aliphatic rings. The molecule has 0 amide bonds. The molecule has 134 valence electrons. The van der Waals surface area contributed by atoms with Crippen LogP contribution in [-0.2, 0) is 0 Å². The highest BCUT2D eigenvalue weighted by atomic mass is 32.1. The van der Waals surface area contributed by atoms with Gasteiger partial charge < -0.3 is 10.1 Å². The number of thiophene rings is 1. The normalized spacial score (nSPS) is 14.9. The first-order valence-electron chi connectivity index (χ1n) is 8.11. The van der Waals surface area contributed by atoms with Gasteiger partial charge in [-0.1, -0.05) is 23.3 Å². The molecule has 0 radical (unpaired) electrons. The molecule has 1 atom stereocenters. The Bertz CT molecular complexity index is 1160. The molecule has 0 fully saturated rings. The summed E-state index contributed by atoms with van der Waals surface area (Å²) < 4.78 is 6.91. The van der Waals surface area contributed by atoms with E-state index < -0.39 is 6.04 Å². The Labute approximate surface area is 156 Å². The summed E-state index contributed by atoms with van der Waals surface area (Å²) in [5.74, 6) is 1.14. The first-order chi connectivity index (χ1) is 13.3. The van der Waals surface area contributed by atoms with Crippen molar-refractivity contribution in [3.8, 4) is 16.3 Å². The van der Waals surface area contributed by atoms with Crippen LogP contribution in [0.1, 0.15) is 17.2 Å². The minimum Gasteiger partial charge on any atom is -0.497 e. The van der Waals surface area contributed by atoms with E-state index >= 15 is 0 Å². The second-order valence-corrected chi connectivity index (χ2v) is 6.86. The number of hydrogen-bond donors (Lipinski definition) is 2. The molecule has 9 nitrogen and oxygen atoms in total. The molecule has 3 aromatic heterocycles. The molecule has 0 saturated carbocycles. The van der Waals surface area contributed by atoms with Crippen molar-refractivity contribution in [1.29, 1.82) is 0 Å². The van der Waals surface area contributed by atoms with Gasteiger partial charge in [0.15, 0.2) is 0 Å². The number of fused-ring (bicyclic) bond motifs is 2. The summed E-state index contributed by atoms with van der Waals surface area (Å²) >= 11 is 1.55. The lowest BCUT2D eigenvalue weighted by molar-refractivity contribution is 0.414. The summed E-state index contributed by atoms with van der Waals surface area (Å²) in [5.41, 5.74) is 2.41. The van der Waals surface area contributed by atoms with Crippen molar-refractivity contribution in [2.45, 2.75) is 6.04 Å². The second-order valence-electron chi connectivity index (χ2n) is 5.92. The van der Waals surface area contributed by atoms with Gasteiger partial charge in [0, 0.05) is 5.56 Å². The Kier molecular flexibility index (Phi) is 3.50. The van der Waals surface area contributed by atoms with Crippen molar-refractivity contribution in [2.24, 2.45) is 0 Å². The Morgan fingerprint density at radius 1 is 1.22 bits per heavy atom. The molecule has 0 bridgehead atoms. The van der Waals surface area contributed by atoms with Crippen molar-refractivity contribution in [3.05, 3.63) is 63.3 Å². The van der Waals surface area contributed by atoms with Gasteiger partial charge >= 0.3 is 0 Å². The van der Waals surface area contributed by atoms with Crippen LogP contribution in [-0.4, -0.2) is 37.5 Å². The smallest absolute Gasteiger partial charge is 0.288 e. The van der Waals surface area contributed by atoms with Gasteiger partial charge in [0.1, 0.15) is 23.2 Å². The molecule has 0 saturated heterocycles. The Hall–Kier alpha value is -3.53. The SMILES string of the molecule is COc1ccc([C@@H]2c3c(-c4cccs4)n[nH]c(=O)c3Nc3nnnn32)cc1. The number of tetrazole rings is 1. The van der Waals surface area contributed by atoms with E-state index in [1.807, 2.05) is 41.8 Å². The minimum atomic E-state index is -0.399. The fourth-order valence-electron chi connectivity index (χ4n) is 3.23. The lowest BCUT2D eigenvalue weighted by atomic mass is 9.94. The summed E-state index contributed by atoms with van der Waals surface area (Å²) in [5, 5.41) is 23.8. The van der Waals surface area contributed by atoms with Crippen LogP contribution in [0.5, 0.6) is 5.75 Å². The fourth-order valence-corrected chi connectivity index (χ4v) is 3.96. The van der Waals surface area contributed by atoms with E-state index in [0.717, 1.165) is 21.8 Å². The van der Waals surface area contributed by atoms with Crippen LogP contribution >= 0.6 is 11.3 Å². The van der Waals surface area contributed by atoms with Crippen molar-refractivity contribution in [3.63, 3.8) is 0 Å². The highest BCUT2D eigenvalue weighted by Crippen LogP contribution is 2.42. The maximum atomic E-state index is 12.5. The number of hydrogen-bond acceptors (Lipinski definition) is 8. The van der Waals surface area contributed by atoms with Crippen LogP contribution in [0.2, 0.25) is 0 Å². The average molecular weight is 379 g/mol. The minimum absolute atomic E-state index is 0.321. The van der Waals surface area contributed by atoms with Gasteiger partial charge in [0.05, 0.1) is 12.0 Å². The molecule has 1 aromatic carbocycles. The third kappa shape index (κ3) is 2.41. The summed E-state index contributed by atoms with van der Waals surface area (Å²) in [6.07, 6.45) is 0. The highest BCUT2D eigenvalue weighted by molar-refractivity contribution is 7.13. The van der Waals surface area contributed by atoms with Gasteiger partial charge in [-0.2, -0.15) is 9.78 Å². The number of aromatic amines is 1. The van der Waals surface area contributed by atoms with E-state index in [9.17, 15) is 4.79 Å². The van der Waals surface area contributed by atoms with Gasteiger partial charge in [-0.05, 0) is 39.6 Å². The van der Waals surface area contributed by atoms with Gasteiger partial charge in [-0.25, -0.2) is 5.10 Å². The van der Waals surface area contributed by atoms with Crippen LogP contribution in [0, 0.1) is 0 Å². The quantitative estimate of drug-likeness (QED) is 0.494. The number of aromatic nitrogens is 6. The van der Waals surface area contributed by atoms with E-state index in [2.05, 4.69) is 31.0 Å². The zero-order valence-electron chi connectivity index (χ0n) is 14.1. The van der Waals surface area contributed by atoms with Crippen LogP contribution in [0.3, 0.4) is 0 Å². The van der Waals surface area contributed by atoms with Crippen LogP contribution < -0.4 is 15.6 Å². The largest absolute Gasteiger partial charge is 0.497 e. The number of rotatable bonds is 3. The van der Waals surface area contributed by atoms with Gasteiger partial charge in [-0.15, -0.1) is 11.3 Å². The Morgan fingerprint density at radius 3 is 2.81 bits per heavy atom. The Morgan fingerprint density at radius 2 is 2.07 bits per heavy atom. The molecule has 27 heavy (non-hydrogen) atoms. The number of nitrogens with one attached hydrogen (secondary N) is 2. The standard InChI is InChI=1S/C17H13N7O2S/c1-26-10-6-4-9(5-7-10)15-12-13(11-3-2-8-27-11)19-20-16(25)14(12)18-17-21-22-23-24(15)17/h2-8,15H,1H3,(H,20,25)(H,18,21,23)/t15-/m1/s1. The monoisotopic (exact) mass is 379 g/mol.